The molecule has 0 aromatic carbocycles. The van der Waals surface area contributed by atoms with Gasteiger partial charge in [0, 0.05) is 0 Å². The molecule has 1 nitrogen and oxygen atoms in total. The Hall–Kier alpha value is -0.560. The Labute approximate surface area is 88.1 Å². The lowest BCUT2D eigenvalue weighted by Gasteiger charge is -2.34. The van der Waals surface area contributed by atoms with Crippen LogP contribution in [0.25, 0.3) is 0 Å². The molecular formula is C13H23N. The van der Waals surface area contributed by atoms with Gasteiger partial charge in [-0.25, -0.2) is 0 Å². The monoisotopic (exact) mass is 193 g/mol. The van der Waals surface area contributed by atoms with Gasteiger partial charge in [-0.1, -0.05) is 44.6 Å². The molecular weight excluding hydrogens is 170 g/mol. The zero-order chi connectivity index (χ0) is 10.8. The molecule has 0 spiro atoms. The Bertz CT molecular complexity index is 238. The van der Waals surface area contributed by atoms with Crippen LogP contribution in [0.2, 0.25) is 0 Å². The molecule has 0 aliphatic heterocycles. The highest BCUT2D eigenvalue weighted by atomic mass is 14.8. The summed E-state index contributed by atoms with van der Waals surface area (Å²) in [6.45, 7) is 12.6. The van der Waals surface area contributed by atoms with Crippen molar-refractivity contribution in [2.75, 3.05) is 0 Å². The molecule has 2 N–H and O–H groups in total. The number of rotatable bonds is 6. The third-order valence-electron chi connectivity index (χ3n) is 3.37. The van der Waals surface area contributed by atoms with E-state index >= 15 is 0 Å². The van der Waals surface area contributed by atoms with E-state index in [1.54, 1.807) is 0 Å². The first-order valence-corrected chi connectivity index (χ1v) is 5.72. The summed E-state index contributed by atoms with van der Waals surface area (Å²) in [6, 6.07) is 0. The van der Waals surface area contributed by atoms with Gasteiger partial charge in [0.05, 0.1) is 5.54 Å². The molecule has 1 rings (SSSR count). The fourth-order valence-corrected chi connectivity index (χ4v) is 2.17. The maximum absolute atomic E-state index is 6.49. The molecule has 0 saturated heterocycles. The molecule has 80 valence electrons. The van der Waals surface area contributed by atoms with Gasteiger partial charge in [-0.2, -0.15) is 0 Å². The fourth-order valence-electron chi connectivity index (χ4n) is 2.17. The second-order valence-electron chi connectivity index (χ2n) is 4.45. The van der Waals surface area contributed by atoms with E-state index < -0.39 is 0 Å². The lowest BCUT2D eigenvalue weighted by molar-refractivity contribution is 0.480. The predicted octanol–water partition coefficient (Wildman–Crippen LogP) is 3.42. The quantitative estimate of drug-likeness (QED) is 0.643. The van der Waals surface area contributed by atoms with Crippen molar-refractivity contribution < 1.29 is 0 Å². The maximum Gasteiger partial charge on any atom is 0.0607 e. The molecule has 1 atom stereocenters. The smallest absolute Gasteiger partial charge is 0.0607 e. The molecule has 0 heterocycles. The molecule has 14 heavy (non-hydrogen) atoms. The molecule has 1 aliphatic rings. The summed E-state index contributed by atoms with van der Waals surface area (Å²) in [5.41, 5.74) is 8.58. The van der Waals surface area contributed by atoms with Gasteiger partial charge < -0.3 is 5.73 Å². The molecule has 1 aliphatic carbocycles. The topological polar surface area (TPSA) is 26.0 Å². The van der Waals surface area contributed by atoms with Crippen molar-refractivity contribution >= 4 is 0 Å². The standard InChI is InChI=1S/C13H23N/c1-5-7-11(4)13(14,10(3)6-2)12-8-9-12/h12H,3-9,14H2,1-2H3. The van der Waals surface area contributed by atoms with Crippen molar-refractivity contribution in [3.05, 3.63) is 24.3 Å². The molecule has 1 saturated carbocycles. The van der Waals surface area contributed by atoms with E-state index in [-0.39, 0.29) is 5.54 Å². The molecule has 1 fully saturated rings. The highest BCUT2D eigenvalue weighted by Gasteiger charge is 2.44. The third kappa shape index (κ3) is 1.93. The van der Waals surface area contributed by atoms with E-state index in [1.165, 1.54) is 24.0 Å². The van der Waals surface area contributed by atoms with Gasteiger partial charge in [0.2, 0.25) is 0 Å². The normalized spacial score (nSPS) is 20.2. The van der Waals surface area contributed by atoms with Crippen LogP contribution in [-0.4, -0.2) is 5.54 Å². The summed E-state index contributed by atoms with van der Waals surface area (Å²) in [5, 5.41) is 0. The Balaban J connectivity index is 2.80. The second kappa shape index (κ2) is 4.31. The molecule has 0 bridgehead atoms. The second-order valence-corrected chi connectivity index (χ2v) is 4.45. The number of nitrogens with two attached hydrogens (primary N) is 1. The first-order valence-electron chi connectivity index (χ1n) is 5.72. The zero-order valence-electron chi connectivity index (χ0n) is 9.60. The van der Waals surface area contributed by atoms with Gasteiger partial charge in [0.1, 0.15) is 0 Å². The van der Waals surface area contributed by atoms with Gasteiger partial charge in [0.15, 0.2) is 0 Å². The average molecular weight is 193 g/mol. The van der Waals surface area contributed by atoms with Crippen LogP contribution in [0, 0.1) is 5.92 Å². The minimum absolute atomic E-state index is 0.259. The van der Waals surface area contributed by atoms with Gasteiger partial charge >= 0.3 is 0 Å². The van der Waals surface area contributed by atoms with Crippen LogP contribution < -0.4 is 5.73 Å². The average Bonchev–Trinajstić information content (AvgIpc) is 2.99. The highest BCUT2D eigenvalue weighted by molar-refractivity contribution is 5.35. The molecule has 1 heteroatoms. The van der Waals surface area contributed by atoms with Gasteiger partial charge in [-0.05, 0) is 31.6 Å². The van der Waals surface area contributed by atoms with E-state index in [4.69, 9.17) is 5.73 Å². The minimum Gasteiger partial charge on any atom is -0.318 e. The maximum atomic E-state index is 6.49. The SMILES string of the molecule is C=C(CC)C(N)(C(=C)CCC)C1CC1. The van der Waals surface area contributed by atoms with Crippen LogP contribution in [0.5, 0.6) is 0 Å². The van der Waals surface area contributed by atoms with Crippen LogP contribution in [0.15, 0.2) is 24.3 Å². The summed E-state index contributed by atoms with van der Waals surface area (Å²) in [4.78, 5) is 0. The molecule has 0 aromatic rings. The van der Waals surface area contributed by atoms with E-state index in [0.29, 0.717) is 5.92 Å². The zero-order valence-corrected chi connectivity index (χ0v) is 9.60. The summed E-state index contributed by atoms with van der Waals surface area (Å²) in [6.07, 6.45) is 5.62. The van der Waals surface area contributed by atoms with Crippen molar-refractivity contribution in [1.29, 1.82) is 0 Å². The largest absolute Gasteiger partial charge is 0.318 e. The minimum atomic E-state index is -0.259. The number of hydrogen-bond acceptors (Lipinski definition) is 1. The van der Waals surface area contributed by atoms with E-state index in [0.717, 1.165) is 19.3 Å². The molecule has 1 unspecified atom stereocenters. The lowest BCUT2D eigenvalue weighted by Crippen LogP contribution is -2.45. The molecule has 0 amide bonds. The summed E-state index contributed by atoms with van der Waals surface area (Å²) in [7, 11) is 0. The number of hydrogen-bond donors (Lipinski definition) is 1. The van der Waals surface area contributed by atoms with Crippen molar-refractivity contribution in [3.63, 3.8) is 0 Å². The van der Waals surface area contributed by atoms with Gasteiger partial charge in [-0.15, -0.1) is 0 Å². The van der Waals surface area contributed by atoms with E-state index in [2.05, 4.69) is 27.0 Å². The van der Waals surface area contributed by atoms with E-state index in [1.807, 2.05) is 0 Å². The van der Waals surface area contributed by atoms with Crippen LogP contribution in [0.4, 0.5) is 0 Å². The van der Waals surface area contributed by atoms with Crippen LogP contribution >= 0.6 is 0 Å². The third-order valence-corrected chi connectivity index (χ3v) is 3.37. The molecule has 0 aromatic heterocycles. The Morgan fingerprint density at radius 1 is 1.29 bits per heavy atom. The fraction of sp³-hybridized carbons (Fsp3) is 0.692. The highest BCUT2D eigenvalue weighted by Crippen LogP contribution is 2.46. The van der Waals surface area contributed by atoms with E-state index in [9.17, 15) is 0 Å². The van der Waals surface area contributed by atoms with Crippen LogP contribution in [0.3, 0.4) is 0 Å². The first-order chi connectivity index (χ1) is 6.57. The summed E-state index contributed by atoms with van der Waals surface area (Å²) in [5.74, 6) is 0.619. The van der Waals surface area contributed by atoms with Crippen molar-refractivity contribution in [3.8, 4) is 0 Å². The summed E-state index contributed by atoms with van der Waals surface area (Å²) < 4.78 is 0. The van der Waals surface area contributed by atoms with Crippen molar-refractivity contribution in [1.82, 2.24) is 0 Å². The van der Waals surface area contributed by atoms with Crippen molar-refractivity contribution in [2.24, 2.45) is 11.7 Å². The Kier molecular flexibility index (Phi) is 3.54. The Morgan fingerprint density at radius 3 is 2.21 bits per heavy atom. The summed E-state index contributed by atoms with van der Waals surface area (Å²) >= 11 is 0. The Morgan fingerprint density at radius 2 is 1.86 bits per heavy atom. The van der Waals surface area contributed by atoms with Crippen LogP contribution in [0.1, 0.15) is 46.0 Å². The van der Waals surface area contributed by atoms with Crippen molar-refractivity contribution in [2.45, 2.75) is 51.5 Å². The van der Waals surface area contributed by atoms with Gasteiger partial charge in [-0.3, -0.25) is 0 Å². The molecule has 0 radical (unpaired) electrons. The van der Waals surface area contributed by atoms with Gasteiger partial charge in [0.25, 0.3) is 0 Å². The van der Waals surface area contributed by atoms with Crippen LogP contribution in [-0.2, 0) is 0 Å². The first kappa shape index (κ1) is 11.5. The lowest BCUT2D eigenvalue weighted by atomic mass is 9.77. The predicted molar refractivity (Wildman–Crippen MR) is 63.1 cm³/mol.